The van der Waals surface area contributed by atoms with Crippen molar-refractivity contribution in [1.82, 2.24) is 4.90 Å². The molecule has 1 aliphatic carbocycles. The zero-order valence-electron chi connectivity index (χ0n) is 14.9. The summed E-state index contributed by atoms with van der Waals surface area (Å²) < 4.78 is 5.11. The van der Waals surface area contributed by atoms with E-state index in [-0.39, 0.29) is 24.8 Å². The highest BCUT2D eigenvalue weighted by Gasteiger charge is 2.32. The first-order valence-electron chi connectivity index (χ1n) is 8.95. The minimum absolute atomic E-state index is 0.243. The fourth-order valence-corrected chi connectivity index (χ4v) is 3.65. The summed E-state index contributed by atoms with van der Waals surface area (Å²) in [5.41, 5.74) is 4.74. The highest BCUT2D eigenvalue weighted by molar-refractivity contribution is 6.10. The monoisotopic (exact) mass is 361 g/mol. The summed E-state index contributed by atoms with van der Waals surface area (Å²) in [5, 5.41) is 0. The first-order chi connectivity index (χ1) is 13.0. The van der Waals surface area contributed by atoms with Crippen molar-refractivity contribution in [2.45, 2.75) is 19.3 Å². The van der Waals surface area contributed by atoms with Gasteiger partial charge in [0.25, 0.3) is 5.91 Å². The maximum absolute atomic E-state index is 12.4. The van der Waals surface area contributed by atoms with E-state index < -0.39 is 5.97 Å². The highest BCUT2D eigenvalue weighted by Crippen LogP contribution is 2.30. The molecule has 2 aliphatic rings. The third kappa shape index (κ3) is 3.16. The Bertz CT molecular complexity index is 941. The van der Waals surface area contributed by atoms with Crippen LogP contribution in [0.1, 0.15) is 43.8 Å². The molecule has 0 fully saturated rings. The molecular formula is C22H19NO4. The number of Topliss-reactive ketones (excluding diaryl/α,β-unsaturated/α-hetero) is 1. The molecule has 2 aromatic carbocycles. The van der Waals surface area contributed by atoms with E-state index in [1.54, 1.807) is 24.3 Å². The Morgan fingerprint density at radius 3 is 2.56 bits per heavy atom. The Morgan fingerprint density at radius 2 is 1.78 bits per heavy atom. The number of rotatable bonds is 5. The average molecular weight is 361 g/mol. The van der Waals surface area contributed by atoms with Gasteiger partial charge in [0.15, 0.2) is 12.4 Å². The van der Waals surface area contributed by atoms with Gasteiger partial charge in [-0.1, -0.05) is 36.9 Å². The molecular weight excluding hydrogens is 342 g/mol. The molecule has 1 amide bonds. The van der Waals surface area contributed by atoms with Crippen LogP contribution in [-0.4, -0.2) is 35.7 Å². The van der Waals surface area contributed by atoms with Gasteiger partial charge in [-0.25, -0.2) is 0 Å². The molecule has 2 aromatic rings. The maximum Gasteiger partial charge on any atom is 0.326 e. The number of hydrogen-bond acceptors (Lipinski definition) is 4. The molecule has 0 N–H and O–H groups in total. The van der Waals surface area contributed by atoms with Gasteiger partial charge in [0, 0.05) is 22.4 Å². The number of carbonyl (C=O) groups is 3. The molecule has 0 aromatic heterocycles. The number of aryl methyl sites for hydroxylation is 2. The molecule has 4 rings (SSSR count). The molecule has 0 spiro atoms. The van der Waals surface area contributed by atoms with Crippen molar-refractivity contribution >= 4 is 23.4 Å². The van der Waals surface area contributed by atoms with Crippen molar-refractivity contribution in [3.63, 3.8) is 0 Å². The lowest BCUT2D eigenvalue weighted by Gasteiger charge is -2.16. The molecule has 136 valence electrons. The Hall–Kier alpha value is -3.21. The number of esters is 1. The van der Waals surface area contributed by atoms with Crippen LogP contribution in [-0.2, 0) is 22.4 Å². The summed E-state index contributed by atoms with van der Waals surface area (Å²) in [6.45, 7) is 3.29. The van der Waals surface area contributed by atoms with Gasteiger partial charge in [-0.2, -0.15) is 0 Å². The van der Waals surface area contributed by atoms with E-state index in [9.17, 15) is 14.4 Å². The van der Waals surface area contributed by atoms with Gasteiger partial charge in [0.1, 0.15) is 6.54 Å². The summed E-state index contributed by atoms with van der Waals surface area (Å²) in [6.07, 6.45) is 3.14. The highest BCUT2D eigenvalue weighted by atomic mass is 16.5. The van der Waals surface area contributed by atoms with Crippen LogP contribution in [0.2, 0.25) is 0 Å². The second-order valence-corrected chi connectivity index (χ2v) is 6.80. The van der Waals surface area contributed by atoms with Crippen LogP contribution >= 0.6 is 0 Å². The minimum Gasteiger partial charge on any atom is -0.456 e. The smallest absolute Gasteiger partial charge is 0.326 e. The minimum atomic E-state index is -0.633. The van der Waals surface area contributed by atoms with Crippen molar-refractivity contribution in [3.05, 3.63) is 76.9 Å². The van der Waals surface area contributed by atoms with Crippen LogP contribution in [0.3, 0.4) is 0 Å². The van der Waals surface area contributed by atoms with E-state index in [0.29, 0.717) is 22.4 Å². The molecule has 1 aliphatic heterocycles. The van der Waals surface area contributed by atoms with Gasteiger partial charge in [-0.3, -0.25) is 19.3 Å². The zero-order valence-corrected chi connectivity index (χ0v) is 14.9. The lowest BCUT2D eigenvalue weighted by molar-refractivity contribution is -0.142. The quantitative estimate of drug-likeness (QED) is 0.607. The summed E-state index contributed by atoms with van der Waals surface area (Å²) >= 11 is 0. The molecule has 0 unspecified atom stereocenters. The predicted octanol–water partition coefficient (Wildman–Crippen LogP) is 3.03. The third-order valence-electron chi connectivity index (χ3n) is 5.11. The number of nitrogens with zero attached hydrogens (tertiary/aromatic N) is 1. The predicted molar refractivity (Wildman–Crippen MR) is 100 cm³/mol. The van der Waals surface area contributed by atoms with Gasteiger partial charge < -0.3 is 4.74 Å². The molecule has 0 saturated heterocycles. The van der Waals surface area contributed by atoms with Crippen LogP contribution in [0.25, 0.3) is 5.70 Å². The largest absolute Gasteiger partial charge is 0.456 e. The Labute approximate surface area is 157 Å². The van der Waals surface area contributed by atoms with Gasteiger partial charge in [0.05, 0.1) is 0 Å². The van der Waals surface area contributed by atoms with Gasteiger partial charge >= 0.3 is 5.97 Å². The second-order valence-electron chi connectivity index (χ2n) is 6.80. The van der Waals surface area contributed by atoms with Crippen molar-refractivity contribution in [2.75, 3.05) is 13.2 Å². The van der Waals surface area contributed by atoms with Gasteiger partial charge in [0.2, 0.25) is 0 Å². The van der Waals surface area contributed by atoms with E-state index in [0.717, 1.165) is 19.3 Å². The summed E-state index contributed by atoms with van der Waals surface area (Å²) in [4.78, 5) is 38.2. The number of ketones is 1. The Balaban J connectivity index is 1.36. The molecule has 0 bridgehead atoms. The maximum atomic E-state index is 12.4. The Kier molecular flexibility index (Phi) is 4.36. The molecule has 1 heterocycles. The fourth-order valence-electron chi connectivity index (χ4n) is 3.65. The number of amides is 1. The summed E-state index contributed by atoms with van der Waals surface area (Å²) in [5.74, 6) is -1.16. The molecule has 0 radical (unpaired) electrons. The summed E-state index contributed by atoms with van der Waals surface area (Å²) in [7, 11) is 0. The number of fused-ring (bicyclic) bond motifs is 2. The van der Waals surface area contributed by atoms with Crippen molar-refractivity contribution < 1.29 is 19.1 Å². The molecule has 5 nitrogen and oxygen atoms in total. The first-order valence-corrected chi connectivity index (χ1v) is 8.95. The van der Waals surface area contributed by atoms with Crippen molar-refractivity contribution in [1.29, 1.82) is 0 Å². The third-order valence-corrected chi connectivity index (χ3v) is 5.11. The van der Waals surface area contributed by atoms with Crippen molar-refractivity contribution in [3.8, 4) is 0 Å². The molecule has 0 atom stereocenters. The standard InChI is InChI=1S/C22H19NO4/c1-14-18-7-2-3-8-19(18)22(26)23(14)12-21(25)27-13-20(24)17-10-9-15-5-4-6-16(15)11-17/h2-3,7-11H,1,4-6,12-13H2. The van der Waals surface area contributed by atoms with E-state index in [2.05, 4.69) is 6.58 Å². The van der Waals surface area contributed by atoms with E-state index in [4.69, 9.17) is 4.74 Å². The normalized spacial score (nSPS) is 14.9. The number of hydrogen-bond donors (Lipinski definition) is 0. The SMILES string of the molecule is C=C1c2ccccc2C(=O)N1CC(=O)OCC(=O)c1ccc2c(c1)CCC2. The van der Waals surface area contributed by atoms with E-state index in [1.165, 1.54) is 16.0 Å². The van der Waals surface area contributed by atoms with Crippen LogP contribution in [0.15, 0.2) is 49.0 Å². The Morgan fingerprint density at radius 1 is 1.04 bits per heavy atom. The number of carbonyl (C=O) groups excluding carboxylic acids is 3. The molecule has 27 heavy (non-hydrogen) atoms. The first kappa shape index (κ1) is 17.2. The topological polar surface area (TPSA) is 63.7 Å². The number of benzene rings is 2. The molecule has 0 saturated carbocycles. The van der Waals surface area contributed by atoms with Crippen molar-refractivity contribution in [2.24, 2.45) is 0 Å². The van der Waals surface area contributed by atoms with Crippen LogP contribution in [0.4, 0.5) is 0 Å². The summed E-state index contributed by atoms with van der Waals surface area (Å²) in [6, 6.07) is 12.7. The lowest BCUT2D eigenvalue weighted by Crippen LogP contribution is -2.31. The fraction of sp³-hybridized carbons (Fsp3) is 0.227. The van der Waals surface area contributed by atoms with E-state index in [1.807, 2.05) is 18.2 Å². The number of ether oxygens (including phenoxy) is 1. The zero-order chi connectivity index (χ0) is 19.0. The van der Waals surface area contributed by atoms with Crippen LogP contribution < -0.4 is 0 Å². The van der Waals surface area contributed by atoms with E-state index >= 15 is 0 Å². The lowest BCUT2D eigenvalue weighted by atomic mass is 10.0. The van der Waals surface area contributed by atoms with Gasteiger partial charge in [-0.05, 0) is 42.5 Å². The van der Waals surface area contributed by atoms with Crippen LogP contribution in [0.5, 0.6) is 0 Å². The average Bonchev–Trinajstić information content (AvgIpc) is 3.25. The second kappa shape index (κ2) is 6.83. The molecule has 5 heteroatoms. The van der Waals surface area contributed by atoms with Crippen LogP contribution in [0, 0.1) is 0 Å². The van der Waals surface area contributed by atoms with Gasteiger partial charge in [-0.15, -0.1) is 0 Å².